The van der Waals surface area contributed by atoms with Gasteiger partial charge in [-0.1, -0.05) is 0 Å². The van der Waals surface area contributed by atoms with Crippen LogP contribution in [-0.2, 0) is 21.3 Å². The first-order valence-electron chi connectivity index (χ1n) is 9.00. The molecule has 27 heavy (non-hydrogen) atoms. The quantitative estimate of drug-likeness (QED) is 0.400. The summed E-state index contributed by atoms with van der Waals surface area (Å²) in [5.41, 5.74) is 1.97. The van der Waals surface area contributed by atoms with Gasteiger partial charge in [-0.15, -0.1) is 11.6 Å². The molecule has 2 heterocycles. The predicted molar refractivity (Wildman–Crippen MR) is 101 cm³/mol. The van der Waals surface area contributed by atoms with Gasteiger partial charge in [0.05, 0.1) is 19.8 Å². The topological polar surface area (TPSA) is 77.8 Å². The molecule has 0 spiro atoms. The first kappa shape index (κ1) is 21.4. The SMILES string of the molecule is COC(=O)c1c(C)c(C(=O)CN(CC2CCCO2)C(=O)C(C)Cl)c(C)n1C. The number of hydrogen-bond donors (Lipinski definition) is 0. The maximum atomic E-state index is 13.0. The Morgan fingerprint density at radius 3 is 2.56 bits per heavy atom. The van der Waals surface area contributed by atoms with E-state index in [-0.39, 0.29) is 24.3 Å². The third kappa shape index (κ3) is 4.52. The second-order valence-corrected chi connectivity index (χ2v) is 7.53. The van der Waals surface area contributed by atoms with E-state index in [1.807, 2.05) is 0 Å². The van der Waals surface area contributed by atoms with Gasteiger partial charge < -0.3 is 18.9 Å². The van der Waals surface area contributed by atoms with Crippen LogP contribution in [0.1, 0.15) is 51.9 Å². The molecular formula is C19H27ClN2O5. The summed E-state index contributed by atoms with van der Waals surface area (Å²) in [5.74, 6) is -1.04. The molecule has 0 N–H and O–H groups in total. The number of alkyl halides is 1. The highest BCUT2D eigenvalue weighted by Crippen LogP contribution is 2.23. The minimum atomic E-state index is -0.734. The number of ketones is 1. The molecule has 1 aliphatic heterocycles. The fourth-order valence-corrected chi connectivity index (χ4v) is 3.68. The van der Waals surface area contributed by atoms with Gasteiger partial charge in [-0.2, -0.15) is 0 Å². The number of hydrogen-bond acceptors (Lipinski definition) is 5. The monoisotopic (exact) mass is 398 g/mol. The van der Waals surface area contributed by atoms with Gasteiger partial charge in [-0.3, -0.25) is 9.59 Å². The lowest BCUT2D eigenvalue weighted by atomic mass is 10.0. The molecule has 0 bridgehead atoms. The van der Waals surface area contributed by atoms with Crippen LogP contribution < -0.4 is 0 Å². The second-order valence-electron chi connectivity index (χ2n) is 6.88. The molecule has 2 atom stereocenters. The number of ether oxygens (including phenoxy) is 2. The molecule has 1 aromatic rings. The molecule has 150 valence electrons. The molecule has 8 heteroatoms. The molecule has 1 saturated heterocycles. The van der Waals surface area contributed by atoms with Gasteiger partial charge in [0.25, 0.3) is 0 Å². The molecule has 7 nitrogen and oxygen atoms in total. The highest BCUT2D eigenvalue weighted by Gasteiger charge is 2.30. The van der Waals surface area contributed by atoms with Crippen molar-refractivity contribution < 1.29 is 23.9 Å². The summed E-state index contributed by atoms with van der Waals surface area (Å²) >= 11 is 5.98. The maximum absolute atomic E-state index is 13.0. The summed E-state index contributed by atoms with van der Waals surface area (Å²) in [7, 11) is 3.01. The predicted octanol–water partition coefficient (Wildman–Crippen LogP) is 2.25. The van der Waals surface area contributed by atoms with Crippen molar-refractivity contribution in [1.82, 2.24) is 9.47 Å². The minimum Gasteiger partial charge on any atom is -0.464 e. The first-order chi connectivity index (χ1) is 12.7. The molecular weight excluding hydrogens is 372 g/mol. The summed E-state index contributed by atoms with van der Waals surface area (Å²) in [5, 5.41) is -0.734. The first-order valence-corrected chi connectivity index (χ1v) is 9.44. The zero-order chi connectivity index (χ0) is 20.3. The average Bonchev–Trinajstić information content (AvgIpc) is 3.20. The normalized spacial score (nSPS) is 17.6. The van der Waals surface area contributed by atoms with E-state index in [1.54, 1.807) is 32.4 Å². The van der Waals surface area contributed by atoms with E-state index in [0.717, 1.165) is 12.8 Å². The van der Waals surface area contributed by atoms with E-state index in [1.165, 1.54) is 12.0 Å². The van der Waals surface area contributed by atoms with Crippen LogP contribution >= 0.6 is 11.6 Å². The molecule has 0 radical (unpaired) electrons. The highest BCUT2D eigenvalue weighted by atomic mass is 35.5. The number of Topliss-reactive ketones (excluding diaryl/α,β-unsaturated/α-hetero) is 1. The number of carbonyl (C=O) groups excluding carboxylic acids is 3. The van der Waals surface area contributed by atoms with Gasteiger partial charge in [0.15, 0.2) is 5.78 Å². The summed E-state index contributed by atoms with van der Waals surface area (Å²) in [6, 6.07) is 0. The van der Waals surface area contributed by atoms with Crippen molar-refractivity contribution in [3.63, 3.8) is 0 Å². The Labute approximate surface area is 164 Å². The fraction of sp³-hybridized carbons (Fsp3) is 0.632. The maximum Gasteiger partial charge on any atom is 0.354 e. The van der Waals surface area contributed by atoms with Gasteiger partial charge in [-0.25, -0.2) is 4.79 Å². The van der Waals surface area contributed by atoms with Crippen molar-refractivity contribution in [3.8, 4) is 0 Å². The number of nitrogens with zero attached hydrogens (tertiary/aromatic N) is 2. The van der Waals surface area contributed by atoms with Gasteiger partial charge in [0.1, 0.15) is 11.1 Å². The molecule has 2 rings (SSSR count). The lowest BCUT2D eigenvalue weighted by Crippen LogP contribution is -2.43. The third-order valence-corrected chi connectivity index (χ3v) is 5.21. The Morgan fingerprint density at radius 2 is 2.04 bits per heavy atom. The largest absolute Gasteiger partial charge is 0.464 e. The number of amides is 1. The van der Waals surface area contributed by atoms with E-state index >= 15 is 0 Å². The van der Waals surface area contributed by atoms with Crippen LogP contribution in [0.5, 0.6) is 0 Å². The Bertz CT molecular complexity index is 735. The number of carbonyl (C=O) groups is 3. The van der Waals surface area contributed by atoms with Gasteiger partial charge in [-0.05, 0) is 39.2 Å². The van der Waals surface area contributed by atoms with Crippen molar-refractivity contribution in [1.29, 1.82) is 0 Å². The Balaban J connectivity index is 2.29. The molecule has 1 fully saturated rings. The Kier molecular flexibility index (Phi) is 7.06. The zero-order valence-electron chi connectivity index (χ0n) is 16.5. The third-order valence-electron chi connectivity index (χ3n) is 5.02. The molecule has 0 saturated carbocycles. The molecule has 1 aliphatic rings. The van der Waals surface area contributed by atoms with E-state index < -0.39 is 11.3 Å². The highest BCUT2D eigenvalue weighted by molar-refractivity contribution is 6.30. The fourth-order valence-electron chi connectivity index (χ4n) is 3.54. The number of halogens is 1. The molecule has 2 unspecified atom stereocenters. The number of methoxy groups -OCH3 is 1. The van der Waals surface area contributed by atoms with Crippen LogP contribution in [0, 0.1) is 13.8 Å². The van der Waals surface area contributed by atoms with Crippen molar-refractivity contribution in [3.05, 3.63) is 22.5 Å². The summed E-state index contributed by atoms with van der Waals surface area (Å²) < 4.78 is 12.1. The standard InChI is InChI=1S/C19H27ClN2O5/c1-11-16(13(3)21(4)17(11)19(25)26-5)15(23)10-22(18(24)12(2)20)9-14-7-6-8-27-14/h12,14H,6-10H2,1-5H3. The van der Waals surface area contributed by atoms with Crippen LogP contribution in [0.2, 0.25) is 0 Å². The summed E-state index contributed by atoms with van der Waals surface area (Å²) in [4.78, 5) is 39.0. The number of aromatic nitrogens is 1. The van der Waals surface area contributed by atoms with Crippen LogP contribution in [0.3, 0.4) is 0 Å². The lowest BCUT2D eigenvalue weighted by Gasteiger charge is -2.26. The minimum absolute atomic E-state index is 0.0826. The molecule has 0 aromatic carbocycles. The van der Waals surface area contributed by atoms with Gasteiger partial charge in [0, 0.05) is 31.5 Å². The number of rotatable bonds is 7. The summed E-state index contributed by atoms with van der Waals surface area (Å²) in [6.45, 7) is 5.95. The van der Waals surface area contributed by atoms with Crippen LogP contribution in [0.4, 0.5) is 0 Å². The van der Waals surface area contributed by atoms with Crippen molar-refractivity contribution >= 4 is 29.3 Å². The molecule has 0 aliphatic carbocycles. The van der Waals surface area contributed by atoms with Crippen LogP contribution in [0.15, 0.2) is 0 Å². The Morgan fingerprint density at radius 1 is 1.37 bits per heavy atom. The van der Waals surface area contributed by atoms with Crippen LogP contribution in [0.25, 0.3) is 0 Å². The zero-order valence-corrected chi connectivity index (χ0v) is 17.3. The average molecular weight is 399 g/mol. The van der Waals surface area contributed by atoms with E-state index in [4.69, 9.17) is 21.1 Å². The smallest absolute Gasteiger partial charge is 0.354 e. The molecule has 1 aromatic heterocycles. The van der Waals surface area contributed by atoms with Gasteiger partial charge >= 0.3 is 5.97 Å². The van der Waals surface area contributed by atoms with Crippen molar-refractivity contribution in [2.45, 2.75) is 45.1 Å². The van der Waals surface area contributed by atoms with E-state index in [0.29, 0.717) is 35.7 Å². The summed E-state index contributed by atoms with van der Waals surface area (Å²) in [6.07, 6.45) is 1.71. The van der Waals surface area contributed by atoms with Crippen molar-refractivity contribution in [2.24, 2.45) is 7.05 Å². The second kappa shape index (κ2) is 8.89. The number of esters is 1. The van der Waals surface area contributed by atoms with Crippen LogP contribution in [-0.4, -0.2) is 65.4 Å². The Hall–Kier alpha value is -1.86. The van der Waals surface area contributed by atoms with E-state index in [9.17, 15) is 14.4 Å². The lowest BCUT2D eigenvalue weighted by molar-refractivity contribution is -0.131. The van der Waals surface area contributed by atoms with E-state index in [2.05, 4.69) is 0 Å². The van der Waals surface area contributed by atoms with Gasteiger partial charge in [0.2, 0.25) is 5.91 Å². The molecule has 1 amide bonds. The van der Waals surface area contributed by atoms with Crippen molar-refractivity contribution in [2.75, 3.05) is 26.8 Å².